The van der Waals surface area contributed by atoms with E-state index in [-0.39, 0.29) is 0 Å². The van der Waals surface area contributed by atoms with Crippen molar-refractivity contribution >= 4 is 0 Å². The average molecular weight is 267 g/mol. The third kappa shape index (κ3) is 2.86. The Morgan fingerprint density at radius 2 is 1.95 bits per heavy atom. The molecule has 0 aliphatic carbocycles. The van der Waals surface area contributed by atoms with E-state index >= 15 is 0 Å². The van der Waals surface area contributed by atoms with Gasteiger partial charge in [0.05, 0.1) is 0 Å². The summed E-state index contributed by atoms with van der Waals surface area (Å²) in [6.45, 7) is 4.29. The van der Waals surface area contributed by atoms with E-state index < -0.39 is 0 Å². The normalized spacial score (nSPS) is 17.6. The molecule has 0 fully saturated rings. The molecule has 0 saturated heterocycles. The summed E-state index contributed by atoms with van der Waals surface area (Å²) in [6, 6.07) is 16.5. The lowest BCUT2D eigenvalue weighted by molar-refractivity contribution is 0.474. The van der Waals surface area contributed by atoms with Gasteiger partial charge in [-0.05, 0) is 47.7 Å². The number of benzene rings is 2. The Morgan fingerprint density at radius 3 is 2.75 bits per heavy atom. The van der Waals surface area contributed by atoms with Crippen LogP contribution in [0.3, 0.4) is 0 Å². The molecular formula is C18H21NO. The first-order chi connectivity index (χ1) is 9.86. The summed E-state index contributed by atoms with van der Waals surface area (Å²) in [5, 5.41) is 3.51. The molecule has 1 aliphatic rings. The molecular weight excluding hydrogens is 246 g/mol. The van der Waals surface area contributed by atoms with Crippen LogP contribution in [0.15, 0.2) is 48.5 Å². The molecule has 0 spiro atoms. The Kier molecular flexibility index (Phi) is 4.03. The zero-order valence-electron chi connectivity index (χ0n) is 11.9. The fraction of sp³-hybridized carbons (Fsp3) is 0.333. The van der Waals surface area contributed by atoms with Gasteiger partial charge in [-0.25, -0.2) is 0 Å². The van der Waals surface area contributed by atoms with E-state index in [1.807, 2.05) is 30.3 Å². The van der Waals surface area contributed by atoms with Crippen LogP contribution in [0.1, 0.15) is 36.8 Å². The largest absolute Gasteiger partial charge is 0.457 e. The quantitative estimate of drug-likeness (QED) is 0.882. The first-order valence-corrected chi connectivity index (χ1v) is 7.43. The van der Waals surface area contributed by atoms with Gasteiger partial charge in [0.1, 0.15) is 11.5 Å². The minimum Gasteiger partial charge on any atom is -0.457 e. The van der Waals surface area contributed by atoms with Crippen molar-refractivity contribution in [2.24, 2.45) is 0 Å². The summed E-state index contributed by atoms with van der Waals surface area (Å²) in [5.41, 5.74) is 2.87. The van der Waals surface area contributed by atoms with E-state index in [1.165, 1.54) is 24.0 Å². The van der Waals surface area contributed by atoms with Crippen molar-refractivity contribution in [1.29, 1.82) is 0 Å². The summed E-state index contributed by atoms with van der Waals surface area (Å²) < 4.78 is 5.91. The smallest absolute Gasteiger partial charge is 0.127 e. The van der Waals surface area contributed by atoms with Crippen LogP contribution in [-0.4, -0.2) is 6.54 Å². The van der Waals surface area contributed by atoms with Gasteiger partial charge >= 0.3 is 0 Å². The second-order valence-corrected chi connectivity index (χ2v) is 5.39. The molecule has 3 rings (SSSR count). The highest BCUT2D eigenvalue weighted by atomic mass is 16.5. The van der Waals surface area contributed by atoms with Crippen molar-refractivity contribution < 1.29 is 4.74 Å². The summed E-state index contributed by atoms with van der Waals surface area (Å²) in [7, 11) is 0. The third-order valence-electron chi connectivity index (χ3n) is 3.88. The van der Waals surface area contributed by atoms with Crippen LogP contribution in [0.5, 0.6) is 11.5 Å². The van der Waals surface area contributed by atoms with E-state index in [4.69, 9.17) is 4.74 Å². The van der Waals surface area contributed by atoms with Gasteiger partial charge < -0.3 is 10.1 Å². The Labute approximate surface area is 120 Å². The number of para-hydroxylation sites is 1. The second-order valence-electron chi connectivity index (χ2n) is 5.39. The number of hydrogen-bond acceptors (Lipinski definition) is 2. The number of hydrogen-bond donors (Lipinski definition) is 1. The van der Waals surface area contributed by atoms with Gasteiger partial charge in [-0.15, -0.1) is 0 Å². The summed E-state index contributed by atoms with van der Waals surface area (Å²) >= 11 is 0. The van der Waals surface area contributed by atoms with Gasteiger partial charge in [-0.3, -0.25) is 0 Å². The zero-order chi connectivity index (χ0) is 13.8. The fourth-order valence-electron chi connectivity index (χ4n) is 2.92. The van der Waals surface area contributed by atoms with Crippen LogP contribution >= 0.6 is 0 Å². The lowest BCUT2D eigenvalue weighted by Crippen LogP contribution is -2.28. The molecule has 2 aromatic rings. The Bertz CT molecular complexity index is 565. The molecule has 0 saturated carbocycles. The Hall–Kier alpha value is -1.80. The Balaban J connectivity index is 1.82. The predicted octanol–water partition coefficient (Wildman–Crippen LogP) is 4.47. The van der Waals surface area contributed by atoms with Crippen molar-refractivity contribution in [2.45, 2.75) is 32.2 Å². The topological polar surface area (TPSA) is 21.3 Å². The van der Waals surface area contributed by atoms with Crippen LogP contribution < -0.4 is 10.1 Å². The van der Waals surface area contributed by atoms with Gasteiger partial charge in [0.15, 0.2) is 0 Å². The maximum absolute atomic E-state index is 5.91. The molecule has 1 aliphatic heterocycles. The predicted molar refractivity (Wildman–Crippen MR) is 82.3 cm³/mol. The standard InChI is InChI=1S/C18H21NO/c1-2-6-14-12-19-13-15-11-17(9-10-18(14)15)20-16-7-4-3-5-8-16/h3-5,7-11,14,19H,2,6,12-13H2,1H3. The van der Waals surface area contributed by atoms with Crippen molar-refractivity contribution in [3.05, 3.63) is 59.7 Å². The van der Waals surface area contributed by atoms with E-state index in [9.17, 15) is 0 Å². The fourth-order valence-corrected chi connectivity index (χ4v) is 2.92. The van der Waals surface area contributed by atoms with Crippen LogP contribution in [0.4, 0.5) is 0 Å². The maximum atomic E-state index is 5.91. The third-order valence-corrected chi connectivity index (χ3v) is 3.88. The van der Waals surface area contributed by atoms with Gasteiger partial charge in [0.2, 0.25) is 0 Å². The monoisotopic (exact) mass is 267 g/mol. The lowest BCUT2D eigenvalue weighted by atomic mass is 9.88. The van der Waals surface area contributed by atoms with Gasteiger partial charge in [-0.2, -0.15) is 0 Å². The van der Waals surface area contributed by atoms with Crippen molar-refractivity contribution in [2.75, 3.05) is 6.54 Å². The Morgan fingerprint density at radius 1 is 1.10 bits per heavy atom. The van der Waals surface area contributed by atoms with E-state index in [0.29, 0.717) is 5.92 Å². The van der Waals surface area contributed by atoms with Crippen molar-refractivity contribution in [3.63, 3.8) is 0 Å². The van der Waals surface area contributed by atoms with Gasteiger partial charge in [0.25, 0.3) is 0 Å². The van der Waals surface area contributed by atoms with Gasteiger partial charge in [-0.1, -0.05) is 37.6 Å². The van der Waals surface area contributed by atoms with Crippen LogP contribution in [0.25, 0.3) is 0 Å². The molecule has 0 amide bonds. The lowest BCUT2D eigenvalue weighted by Gasteiger charge is -2.26. The van der Waals surface area contributed by atoms with E-state index in [2.05, 4.69) is 30.4 Å². The molecule has 2 heteroatoms. The van der Waals surface area contributed by atoms with Crippen LogP contribution in [-0.2, 0) is 6.54 Å². The first kappa shape index (κ1) is 13.2. The molecule has 2 aromatic carbocycles. The highest BCUT2D eigenvalue weighted by Crippen LogP contribution is 2.31. The molecule has 1 unspecified atom stereocenters. The van der Waals surface area contributed by atoms with Gasteiger partial charge in [0, 0.05) is 13.1 Å². The zero-order valence-corrected chi connectivity index (χ0v) is 11.9. The van der Waals surface area contributed by atoms with Crippen LogP contribution in [0.2, 0.25) is 0 Å². The molecule has 104 valence electrons. The molecule has 1 atom stereocenters. The minimum absolute atomic E-state index is 0.648. The number of nitrogens with one attached hydrogen (secondary N) is 1. The highest BCUT2D eigenvalue weighted by Gasteiger charge is 2.19. The number of rotatable bonds is 4. The number of ether oxygens (including phenoxy) is 1. The summed E-state index contributed by atoms with van der Waals surface area (Å²) in [4.78, 5) is 0. The first-order valence-electron chi connectivity index (χ1n) is 7.43. The molecule has 0 bridgehead atoms. The molecule has 0 radical (unpaired) electrons. The molecule has 0 aromatic heterocycles. The van der Waals surface area contributed by atoms with Crippen molar-refractivity contribution in [1.82, 2.24) is 5.32 Å². The second kappa shape index (κ2) is 6.10. The van der Waals surface area contributed by atoms with E-state index in [1.54, 1.807) is 0 Å². The van der Waals surface area contributed by atoms with Crippen molar-refractivity contribution in [3.8, 4) is 11.5 Å². The molecule has 20 heavy (non-hydrogen) atoms. The summed E-state index contributed by atoms with van der Waals surface area (Å²) in [5.74, 6) is 2.46. The summed E-state index contributed by atoms with van der Waals surface area (Å²) in [6.07, 6.45) is 2.48. The number of fused-ring (bicyclic) bond motifs is 1. The maximum Gasteiger partial charge on any atom is 0.127 e. The molecule has 2 nitrogen and oxygen atoms in total. The molecule has 1 N–H and O–H groups in total. The van der Waals surface area contributed by atoms with E-state index in [0.717, 1.165) is 24.6 Å². The minimum atomic E-state index is 0.648. The highest BCUT2D eigenvalue weighted by molar-refractivity contribution is 5.41. The van der Waals surface area contributed by atoms with Crippen LogP contribution in [0, 0.1) is 0 Å². The average Bonchev–Trinajstić information content (AvgIpc) is 2.49. The molecule has 1 heterocycles. The SMILES string of the molecule is CCCC1CNCc2cc(Oc3ccccc3)ccc21.